The topological polar surface area (TPSA) is 29.8 Å². The Bertz CT molecular complexity index is 506. The van der Waals surface area contributed by atoms with E-state index in [0.29, 0.717) is 0 Å². The second-order valence-electron chi connectivity index (χ2n) is 3.81. The number of imidazole rings is 1. The Kier molecular flexibility index (Phi) is 4.60. The predicted molar refractivity (Wildman–Crippen MR) is 77.3 cm³/mol. The number of hydrogen-bond acceptors (Lipinski definition) is 3. The Morgan fingerprint density at radius 3 is 2.61 bits per heavy atom. The molecule has 3 rings (SSSR count). The first-order valence-electron chi connectivity index (χ1n) is 6.30. The summed E-state index contributed by atoms with van der Waals surface area (Å²) in [5.41, 5.74) is 0.977. The van der Waals surface area contributed by atoms with Gasteiger partial charge < -0.3 is 14.0 Å². The quantitative estimate of drug-likeness (QED) is 0.811. The van der Waals surface area contributed by atoms with Gasteiger partial charge in [-0.25, -0.2) is 4.98 Å². The molecule has 0 radical (unpaired) electrons. The number of halogens is 1. The van der Waals surface area contributed by atoms with Gasteiger partial charge in [-0.15, -0.1) is 0 Å². The van der Waals surface area contributed by atoms with Crippen LogP contribution in [-0.2, 0) is 4.74 Å². The molecule has 2 aromatic rings. The van der Waals surface area contributed by atoms with E-state index in [-0.39, 0.29) is 0 Å². The first-order valence-corrected chi connectivity index (χ1v) is 7.09. The average Bonchev–Trinajstić information content (AvgIpc) is 2.85. The van der Waals surface area contributed by atoms with Crippen molar-refractivity contribution in [1.82, 2.24) is 9.38 Å². The molecule has 5 heteroatoms. The van der Waals surface area contributed by atoms with Crippen LogP contribution < -0.4 is 4.90 Å². The fourth-order valence-corrected chi connectivity index (χ4v) is 2.25. The molecule has 0 aromatic carbocycles. The molecule has 1 aliphatic heterocycles. The maximum absolute atomic E-state index is 5.33. The van der Waals surface area contributed by atoms with E-state index in [9.17, 15) is 0 Å². The molecular formula is C13H18BrN3O. The second-order valence-corrected chi connectivity index (χ2v) is 4.73. The van der Waals surface area contributed by atoms with Gasteiger partial charge in [0.2, 0.25) is 0 Å². The zero-order valence-corrected chi connectivity index (χ0v) is 12.4. The Morgan fingerprint density at radius 1 is 1.17 bits per heavy atom. The molecule has 1 saturated heterocycles. The van der Waals surface area contributed by atoms with Crippen molar-refractivity contribution in [1.29, 1.82) is 0 Å². The van der Waals surface area contributed by atoms with Crippen LogP contribution in [0.4, 0.5) is 5.82 Å². The van der Waals surface area contributed by atoms with Gasteiger partial charge in [-0.3, -0.25) is 0 Å². The van der Waals surface area contributed by atoms with Crippen molar-refractivity contribution in [3.05, 3.63) is 29.0 Å². The van der Waals surface area contributed by atoms with E-state index in [1.165, 1.54) is 0 Å². The lowest BCUT2D eigenvalue weighted by atomic mass is 10.4. The summed E-state index contributed by atoms with van der Waals surface area (Å²) in [6.07, 6.45) is 4.08. The molecule has 2 aromatic heterocycles. The minimum atomic E-state index is 0.789. The number of aromatic nitrogens is 2. The number of ether oxygens (including phenoxy) is 1. The van der Waals surface area contributed by atoms with Gasteiger partial charge in [0, 0.05) is 23.8 Å². The van der Waals surface area contributed by atoms with Crippen LogP contribution in [0.3, 0.4) is 0 Å². The third-order valence-electron chi connectivity index (χ3n) is 2.74. The Balaban J connectivity index is 0.000000574. The number of nitrogens with zero attached hydrogens (tertiary/aromatic N) is 3. The summed E-state index contributed by atoms with van der Waals surface area (Å²) in [7, 11) is 0. The van der Waals surface area contributed by atoms with Crippen molar-refractivity contribution in [2.24, 2.45) is 0 Å². The molecule has 4 nitrogen and oxygen atoms in total. The summed E-state index contributed by atoms with van der Waals surface area (Å²) in [6, 6.07) is 4.01. The standard InChI is InChI=1S/C11H12BrN3O.C2H6/c12-9-1-2-10-13-11(8-15(10)7-9)14-3-5-16-6-4-14;1-2/h1-2,7-8H,3-6H2;1-2H3. The van der Waals surface area contributed by atoms with Crippen molar-refractivity contribution in [2.75, 3.05) is 31.2 Å². The van der Waals surface area contributed by atoms with Gasteiger partial charge in [-0.05, 0) is 28.1 Å². The fourth-order valence-electron chi connectivity index (χ4n) is 1.90. The molecular weight excluding hydrogens is 294 g/mol. The lowest BCUT2D eigenvalue weighted by Crippen LogP contribution is -2.36. The predicted octanol–water partition coefficient (Wildman–Crippen LogP) is 2.96. The minimum Gasteiger partial charge on any atom is -0.378 e. The largest absolute Gasteiger partial charge is 0.378 e. The van der Waals surface area contributed by atoms with Crippen molar-refractivity contribution in [2.45, 2.75) is 13.8 Å². The molecule has 0 N–H and O–H groups in total. The van der Waals surface area contributed by atoms with Gasteiger partial charge in [0.1, 0.15) is 11.5 Å². The molecule has 98 valence electrons. The van der Waals surface area contributed by atoms with Crippen LogP contribution >= 0.6 is 15.9 Å². The summed E-state index contributed by atoms with van der Waals surface area (Å²) in [5, 5.41) is 0. The summed E-state index contributed by atoms with van der Waals surface area (Å²) < 4.78 is 8.43. The van der Waals surface area contributed by atoms with E-state index in [4.69, 9.17) is 4.74 Å². The van der Waals surface area contributed by atoms with E-state index < -0.39 is 0 Å². The molecule has 0 atom stereocenters. The second kappa shape index (κ2) is 6.20. The fraction of sp³-hybridized carbons (Fsp3) is 0.462. The molecule has 3 heterocycles. The maximum atomic E-state index is 5.33. The Hall–Kier alpha value is -1.07. The van der Waals surface area contributed by atoms with E-state index in [1.807, 2.05) is 36.6 Å². The van der Waals surface area contributed by atoms with Crippen molar-refractivity contribution in [3.8, 4) is 0 Å². The minimum absolute atomic E-state index is 0.789. The first kappa shape index (κ1) is 13.4. The third kappa shape index (κ3) is 2.84. The Labute approximate surface area is 116 Å². The summed E-state index contributed by atoms with van der Waals surface area (Å²) in [6.45, 7) is 7.42. The zero-order chi connectivity index (χ0) is 13.0. The number of rotatable bonds is 1. The zero-order valence-electron chi connectivity index (χ0n) is 10.8. The number of morpholine rings is 1. The van der Waals surface area contributed by atoms with Gasteiger partial charge in [0.05, 0.1) is 19.4 Å². The first-order chi connectivity index (χ1) is 8.83. The number of fused-ring (bicyclic) bond motifs is 1. The van der Waals surface area contributed by atoms with E-state index in [0.717, 1.165) is 42.2 Å². The van der Waals surface area contributed by atoms with E-state index >= 15 is 0 Å². The lowest BCUT2D eigenvalue weighted by Gasteiger charge is -2.26. The van der Waals surface area contributed by atoms with Gasteiger partial charge in [0.15, 0.2) is 0 Å². The summed E-state index contributed by atoms with van der Waals surface area (Å²) in [5.74, 6) is 1.03. The highest BCUT2D eigenvalue weighted by Crippen LogP contribution is 2.18. The SMILES string of the molecule is Brc1ccc2nc(N3CCOCC3)cn2c1.CC. The third-order valence-corrected chi connectivity index (χ3v) is 3.21. The summed E-state index contributed by atoms with van der Waals surface area (Å²) >= 11 is 3.46. The lowest BCUT2D eigenvalue weighted by molar-refractivity contribution is 0.122. The van der Waals surface area contributed by atoms with Gasteiger partial charge in [-0.1, -0.05) is 13.8 Å². The van der Waals surface area contributed by atoms with E-state index in [1.54, 1.807) is 0 Å². The molecule has 0 aliphatic carbocycles. The Morgan fingerprint density at radius 2 is 1.89 bits per heavy atom. The normalized spacial score (nSPS) is 15.4. The molecule has 0 saturated carbocycles. The summed E-state index contributed by atoms with van der Waals surface area (Å²) in [4.78, 5) is 6.84. The molecule has 0 bridgehead atoms. The number of anilines is 1. The molecule has 1 fully saturated rings. The maximum Gasteiger partial charge on any atom is 0.148 e. The smallest absolute Gasteiger partial charge is 0.148 e. The van der Waals surface area contributed by atoms with Gasteiger partial charge in [0.25, 0.3) is 0 Å². The van der Waals surface area contributed by atoms with Crippen LogP contribution in [0.5, 0.6) is 0 Å². The van der Waals surface area contributed by atoms with E-state index in [2.05, 4.69) is 32.0 Å². The van der Waals surface area contributed by atoms with Crippen molar-refractivity contribution >= 4 is 27.4 Å². The van der Waals surface area contributed by atoms with Gasteiger partial charge in [-0.2, -0.15) is 0 Å². The van der Waals surface area contributed by atoms with Crippen LogP contribution in [0.25, 0.3) is 5.65 Å². The molecule has 1 aliphatic rings. The van der Waals surface area contributed by atoms with Crippen molar-refractivity contribution < 1.29 is 4.74 Å². The number of pyridine rings is 1. The van der Waals surface area contributed by atoms with Crippen LogP contribution in [0.1, 0.15) is 13.8 Å². The molecule has 0 spiro atoms. The average molecular weight is 312 g/mol. The molecule has 0 amide bonds. The molecule has 18 heavy (non-hydrogen) atoms. The van der Waals surface area contributed by atoms with Crippen LogP contribution in [-0.4, -0.2) is 35.7 Å². The van der Waals surface area contributed by atoms with Crippen LogP contribution in [0.2, 0.25) is 0 Å². The number of hydrogen-bond donors (Lipinski definition) is 0. The van der Waals surface area contributed by atoms with Crippen LogP contribution in [0.15, 0.2) is 29.0 Å². The molecule has 0 unspecified atom stereocenters. The highest BCUT2D eigenvalue weighted by molar-refractivity contribution is 9.10. The van der Waals surface area contributed by atoms with Crippen LogP contribution in [0, 0.1) is 0 Å². The van der Waals surface area contributed by atoms with Gasteiger partial charge >= 0.3 is 0 Å². The highest BCUT2D eigenvalue weighted by atomic mass is 79.9. The monoisotopic (exact) mass is 311 g/mol. The highest BCUT2D eigenvalue weighted by Gasteiger charge is 2.13. The van der Waals surface area contributed by atoms with Crippen molar-refractivity contribution in [3.63, 3.8) is 0 Å².